The number of halogens is 1. The van der Waals surface area contributed by atoms with E-state index in [4.69, 9.17) is 5.73 Å². The molecule has 2 unspecified atom stereocenters. The van der Waals surface area contributed by atoms with Crippen LogP contribution in [-0.4, -0.2) is 11.7 Å². The minimum atomic E-state index is -0.501. The van der Waals surface area contributed by atoms with E-state index in [9.17, 15) is 5.11 Å². The fourth-order valence-corrected chi connectivity index (χ4v) is 2.39. The van der Waals surface area contributed by atoms with Crippen LogP contribution in [0.5, 0.6) is 0 Å². The Morgan fingerprint density at radius 2 is 2.00 bits per heavy atom. The van der Waals surface area contributed by atoms with Crippen molar-refractivity contribution in [3.63, 3.8) is 0 Å². The van der Waals surface area contributed by atoms with Gasteiger partial charge in [0.25, 0.3) is 0 Å². The average Bonchev–Trinajstić information content (AvgIpc) is 2.22. The molecule has 0 bridgehead atoms. The second-order valence-electron chi connectivity index (χ2n) is 4.57. The van der Waals surface area contributed by atoms with Crippen molar-refractivity contribution >= 4 is 15.9 Å². The molecule has 0 radical (unpaired) electrons. The van der Waals surface area contributed by atoms with Crippen molar-refractivity contribution in [2.24, 2.45) is 17.6 Å². The number of hydrogen-bond donors (Lipinski definition) is 2. The van der Waals surface area contributed by atoms with Crippen LogP contribution in [0.2, 0.25) is 0 Å². The number of aryl methyl sites for hydroxylation is 1. The largest absolute Gasteiger partial charge is 0.388 e. The van der Waals surface area contributed by atoms with Crippen LogP contribution in [0.15, 0.2) is 22.7 Å². The maximum Gasteiger partial charge on any atom is 0.0843 e. The highest BCUT2D eigenvalue weighted by molar-refractivity contribution is 9.10. The SMILES string of the molecule is Cc1cccc(C(O)C(CN)C(C)C)c1Br. The first-order valence-corrected chi connectivity index (χ1v) is 6.41. The summed E-state index contributed by atoms with van der Waals surface area (Å²) in [6, 6.07) is 5.94. The van der Waals surface area contributed by atoms with E-state index >= 15 is 0 Å². The lowest BCUT2D eigenvalue weighted by molar-refractivity contribution is 0.0854. The molecule has 0 heterocycles. The van der Waals surface area contributed by atoms with Gasteiger partial charge in [-0.25, -0.2) is 0 Å². The van der Waals surface area contributed by atoms with Crippen LogP contribution >= 0.6 is 15.9 Å². The first-order valence-electron chi connectivity index (χ1n) is 5.62. The smallest absolute Gasteiger partial charge is 0.0843 e. The first-order chi connectivity index (χ1) is 7.49. The van der Waals surface area contributed by atoms with Crippen molar-refractivity contribution in [3.05, 3.63) is 33.8 Å². The van der Waals surface area contributed by atoms with Gasteiger partial charge >= 0.3 is 0 Å². The van der Waals surface area contributed by atoms with Gasteiger partial charge in [0, 0.05) is 10.4 Å². The average molecular weight is 286 g/mol. The summed E-state index contributed by atoms with van der Waals surface area (Å²) in [6.07, 6.45) is -0.501. The lowest BCUT2D eigenvalue weighted by Crippen LogP contribution is -2.27. The van der Waals surface area contributed by atoms with E-state index in [1.807, 2.05) is 25.1 Å². The first kappa shape index (κ1) is 13.7. The molecule has 90 valence electrons. The highest BCUT2D eigenvalue weighted by Crippen LogP contribution is 2.33. The molecular formula is C13H20BrNO. The highest BCUT2D eigenvalue weighted by atomic mass is 79.9. The standard InChI is InChI=1S/C13H20BrNO/c1-8(2)11(7-15)13(16)10-6-4-5-9(3)12(10)14/h4-6,8,11,13,16H,7,15H2,1-3H3. The van der Waals surface area contributed by atoms with Gasteiger partial charge in [-0.2, -0.15) is 0 Å². The van der Waals surface area contributed by atoms with Crippen LogP contribution in [0.3, 0.4) is 0 Å². The number of nitrogens with two attached hydrogens (primary N) is 1. The van der Waals surface area contributed by atoms with Gasteiger partial charge < -0.3 is 10.8 Å². The summed E-state index contributed by atoms with van der Waals surface area (Å²) < 4.78 is 0.988. The van der Waals surface area contributed by atoms with Crippen LogP contribution in [0, 0.1) is 18.8 Å². The number of rotatable bonds is 4. The van der Waals surface area contributed by atoms with Crippen molar-refractivity contribution in [1.29, 1.82) is 0 Å². The molecule has 3 heteroatoms. The van der Waals surface area contributed by atoms with Crippen LogP contribution in [-0.2, 0) is 0 Å². The molecule has 0 aliphatic heterocycles. The van der Waals surface area contributed by atoms with Gasteiger partial charge in [0.15, 0.2) is 0 Å². The molecule has 0 saturated heterocycles. The third-order valence-electron chi connectivity index (χ3n) is 3.07. The van der Waals surface area contributed by atoms with E-state index < -0.39 is 6.10 Å². The molecule has 2 atom stereocenters. The molecule has 0 aliphatic carbocycles. The molecule has 3 N–H and O–H groups in total. The quantitative estimate of drug-likeness (QED) is 0.893. The van der Waals surface area contributed by atoms with Gasteiger partial charge in [0.2, 0.25) is 0 Å². The van der Waals surface area contributed by atoms with E-state index in [-0.39, 0.29) is 5.92 Å². The van der Waals surface area contributed by atoms with E-state index in [1.165, 1.54) is 0 Å². The topological polar surface area (TPSA) is 46.2 Å². The van der Waals surface area contributed by atoms with Gasteiger partial charge in [0.1, 0.15) is 0 Å². The van der Waals surface area contributed by atoms with Crippen LogP contribution in [0.25, 0.3) is 0 Å². The van der Waals surface area contributed by atoms with Crippen molar-refractivity contribution in [1.82, 2.24) is 0 Å². The molecule has 1 aromatic rings. The fourth-order valence-electron chi connectivity index (χ4n) is 1.89. The predicted molar refractivity (Wildman–Crippen MR) is 71.2 cm³/mol. The maximum absolute atomic E-state index is 10.3. The number of hydrogen-bond acceptors (Lipinski definition) is 2. The summed E-state index contributed by atoms with van der Waals surface area (Å²) in [5.41, 5.74) is 7.79. The summed E-state index contributed by atoms with van der Waals surface area (Å²) in [4.78, 5) is 0. The van der Waals surface area contributed by atoms with Crippen LogP contribution < -0.4 is 5.73 Å². The number of aliphatic hydroxyl groups is 1. The maximum atomic E-state index is 10.3. The molecule has 0 aliphatic rings. The van der Waals surface area contributed by atoms with Gasteiger partial charge in [-0.3, -0.25) is 0 Å². The van der Waals surface area contributed by atoms with E-state index in [0.29, 0.717) is 12.5 Å². The molecule has 1 aromatic carbocycles. The Labute approximate surface area is 106 Å². The molecule has 0 fully saturated rings. The summed E-state index contributed by atoms with van der Waals surface area (Å²) in [5.74, 6) is 0.463. The predicted octanol–water partition coefficient (Wildman–Crippen LogP) is 3.02. The van der Waals surface area contributed by atoms with E-state index in [1.54, 1.807) is 0 Å². The zero-order valence-corrected chi connectivity index (χ0v) is 11.7. The molecule has 0 amide bonds. The molecule has 1 rings (SSSR count). The minimum absolute atomic E-state index is 0.0955. The second-order valence-corrected chi connectivity index (χ2v) is 5.36. The molecule has 16 heavy (non-hydrogen) atoms. The van der Waals surface area contributed by atoms with Crippen molar-refractivity contribution < 1.29 is 5.11 Å². The number of aliphatic hydroxyl groups excluding tert-OH is 1. The Hall–Kier alpha value is -0.380. The van der Waals surface area contributed by atoms with Crippen molar-refractivity contribution in [3.8, 4) is 0 Å². The molecule has 0 spiro atoms. The van der Waals surface area contributed by atoms with Crippen molar-refractivity contribution in [2.75, 3.05) is 6.54 Å². The molecule has 2 nitrogen and oxygen atoms in total. The Morgan fingerprint density at radius 3 is 2.50 bits per heavy atom. The Morgan fingerprint density at radius 1 is 1.38 bits per heavy atom. The Balaban J connectivity index is 3.03. The highest BCUT2D eigenvalue weighted by Gasteiger charge is 2.24. The third kappa shape index (κ3) is 2.84. The van der Waals surface area contributed by atoms with Gasteiger partial charge in [-0.1, -0.05) is 48.0 Å². The van der Waals surface area contributed by atoms with Crippen LogP contribution in [0.4, 0.5) is 0 Å². The summed E-state index contributed by atoms with van der Waals surface area (Å²) in [7, 11) is 0. The monoisotopic (exact) mass is 285 g/mol. The minimum Gasteiger partial charge on any atom is -0.388 e. The third-order valence-corrected chi connectivity index (χ3v) is 4.16. The summed E-state index contributed by atoms with van der Waals surface area (Å²) in [6.45, 7) is 6.70. The molecular weight excluding hydrogens is 266 g/mol. The van der Waals surface area contributed by atoms with E-state index in [0.717, 1.165) is 15.6 Å². The summed E-state index contributed by atoms with van der Waals surface area (Å²) in [5, 5.41) is 10.3. The van der Waals surface area contributed by atoms with Crippen molar-refractivity contribution in [2.45, 2.75) is 26.9 Å². The Bertz CT molecular complexity index is 352. The second kappa shape index (κ2) is 5.80. The molecule has 0 saturated carbocycles. The fraction of sp³-hybridized carbons (Fsp3) is 0.538. The van der Waals surface area contributed by atoms with Crippen LogP contribution in [0.1, 0.15) is 31.1 Å². The van der Waals surface area contributed by atoms with Gasteiger partial charge in [-0.15, -0.1) is 0 Å². The number of benzene rings is 1. The zero-order chi connectivity index (χ0) is 12.3. The summed E-state index contributed by atoms with van der Waals surface area (Å²) >= 11 is 3.53. The normalized spacial score (nSPS) is 15.2. The van der Waals surface area contributed by atoms with Gasteiger partial charge in [0.05, 0.1) is 6.10 Å². The lowest BCUT2D eigenvalue weighted by Gasteiger charge is -2.26. The Kier molecular flexibility index (Phi) is 4.96. The van der Waals surface area contributed by atoms with E-state index in [2.05, 4.69) is 29.8 Å². The zero-order valence-electron chi connectivity index (χ0n) is 10.1. The lowest BCUT2D eigenvalue weighted by atomic mass is 9.86. The molecule has 0 aromatic heterocycles. The van der Waals surface area contributed by atoms with Gasteiger partial charge in [-0.05, 0) is 30.5 Å².